The lowest BCUT2D eigenvalue weighted by atomic mass is 9.92. The number of hydrogen-bond acceptors (Lipinski definition) is 4. The number of rotatable bonds is 5. The minimum absolute atomic E-state index is 0.0318. The summed E-state index contributed by atoms with van der Waals surface area (Å²) in [6, 6.07) is 3.69. The van der Waals surface area contributed by atoms with Crippen LogP contribution in [-0.4, -0.2) is 36.2 Å². The first-order valence-corrected chi connectivity index (χ1v) is 7.71. The van der Waals surface area contributed by atoms with Crippen LogP contribution in [0.2, 0.25) is 0 Å². The van der Waals surface area contributed by atoms with Gasteiger partial charge in [0, 0.05) is 36.6 Å². The topological polar surface area (TPSA) is 63.2 Å². The van der Waals surface area contributed by atoms with E-state index in [2.05, 4.69) is 22.5 Å². The summed E-state index contributed by atoms with van der Waals surface area (Å²) in [5, 5.41) is 6.34. The number of anilines is 1. The lowest BCUT2D eigenvalue weighted by Crippen LogP contribution is -2.49. The van der Waals surface area contributed by atoms with Gasteiger partial charge >= 0.3 is 0 Å². The molecule has 1 fully saturated rings. The molecular formula is C16H25N3O2. The molecule has 116 valence electrons. The molecule has 1 aliphatic heterocycles. The summed E-state index contributed by atoms with van der Waals surface area (Å²) in [6.07, 6.45) is 2.51. The van der Waals surface area contributed by atoms with E-state index in [1.165, 1.54) is 0 Å². The van der Waals surface area contributed by atoms with Crippen molar-refractivity contribution in [3.63, 3.8) is 0 Å². The van der Waals surface area contributed by atoms with E-state index in [0.717, 1.165) is 37.3 Å². The minimum Gasteiger partial charge on any atom is -0.381 e. The Morgan fingerprint density at radius 3 is 2.67 bits per heavy atom. The Labute approximate surface area is 126 Å². The van der Waals surface area contributed by atoms with Crippen LogP contribution in [0.15, 0.2) is 12.1 Å². The van der Waals surface area contributed by atoms with Gasteiger partial charge in [0.1, 0.15) is 5.82 Å². The van der Waals surface area contributed by atoms with E-state index < -0.39 is 0 Å². The normalized spacial score (nSPS) is 17.3. The summed E-state index contributed by atoms with van der Waals surface area (Å²) in [5.41, 5.74) is 1.42. The van der Waals surface area contributed by atoms with Gasteiger partial charge in [0.25, 0.3) is 5.91 Å². The average molecular weight is 291 g/mol. The summed E-state index contributed by atoms with van der Waals surface area (Å²) in [4.78, 5) is 17.0. The number of nitrogens with one attached hydrogen (secondary N) is 2. The van der Waals surface area contributed by atoms with E-state index in [4.69, 9.17) is 4.74 Å². The zero-order valence-electron chi connectivity index (χ0n) is 13.2. The summed E-state index contributed by atoms with van der Waals surface area (Å²) < 4.78 is 5.37. The van der Waals surface area contributed by atoms with Gasteiger partial charge in [-0.2, -0.15) is 0 Å². The van der Waals surface area contributed by atoms with Crippen LogP contribution in [0.4, 0.5) is 5.82 Å². The van der Waals surface area contributed by atoms with Gasteiger partial charge in [-0.25, -0.2) is 4.98 Å². The van der Waals surface area contributed by atoms with Crippen LogP contribution in [0, 0.1) is 0 Å². The Hall–Kier alpha value is -1.62. The zero-order chi connectivity index (χ0) is 15.3. The fourth-order valence-corrected chi connectivity index (χ4v) is 2.46. The molecule has 0 aromatic carbocycles. The van der Waals surface area contributed by atoms with E-state index in [1.807, 2.05) is 26.0 Å². The highest BCUT2D eigenvalue weighted by Gasteiger charge is 2.29. The van der Waals surface area contributed by atoms with Crippen molar-refractivity contribution in [2.45, 2.75) is 45.6 Å². The predicted molar refractivity (Wildman–Crippen MR) is 83.7 cm³/mol. The first kappa shape index (κ1) is 15.8. The van der Waals surface area contributed by atoms with Gasteiger partial charge in [-0.15, -0.1) is 0 Å². The zero-order valence-corrected chi connectivity index (χ0v) is 13.2. The smallest absolute Gasteiger partial charge is 0.251 e. The fraction of sp³-hybridized carbons (Fsp3) is 0.625. The molecule has 0 radical (unpaired) electrons. The second-order valence-electron chi connectivity index (χ2n) is 5.74. The highest BCUT2D eigenvalue weighted by Crippen LogP contribution is 2.21. The molecule has 1 aromatic heterocycles. The highest BCUT2D eigenvalue weighted by molar-refractivity contribution is 5.95. The molecule has 0 bridgehead atoms. The van der Waals surface area contributed by atoms with Gasteiger partial charge in [-0.3, -0.25) is 4.79 Å². The minimum atomic E-state index is -0.177. The Balaban J connectivity index is 2.15. The van der Waals surface area contributed by atoms with Crippen molar-refractivity contribution in [2.24, 2.45) is 0 Å². The number of aromatic nitrogens is 1. The molecule has 1 aromatic rings. The number of carbonyl (C=O) groups excluding carboxylic acids is 1. The van der Waals surface area contributed by atoms with E-state index >= 15 is 0 Å². The lowest BCUT2D eigenvalue weighted by Gasteiger charge is -2.34. The molecular weight excluding hydrogens is 266 g/mol. The predicted octanol–water partition coefficient (Wildman–Crippen LogP) is 2.37. The number of pyridine rings is 1. The second-order valence-corrected chi connectivity index (χ2v) is 5.74. The number of aryl methyl sites for hydroxylation is 1. The van der Waals surface area contributed by atoms with Crippen LogP contribution in [0.1, 0.15) is 49.7 Å². The second kappa shape index (κ2) is 6.89. The standard InChI is InChI=1S/C16H25N3O2/c1-4-13-10-12(11-14(18-13)17-5-2)15(20)19-16(3)6-8-21-9-7-16/h10-11H,4-9H2,1-3H3,(H,17,18)(H,19,20). The van der Waals surface area contributed by atoms with Gasteiger partial charge < -0.3 is 15.4 Å². The van der Waals surface area contributed by atoms with Crippen molar-refractivity contribution in [2.75, 3.05) is 25.1 Å². The Kier molecular flexibility index (Phi) is 5.17. The number of nitrogens with zero attached hydrogens (tertiary/aromatic N) is 1. The molecule has 1 amide bonds. The molecule has 5 nitrogen and oxygen atoms in total. The van der Waals surface area contributed by atoms with E-state index in [1.54, 1.807) is 0 Å². The quantitative estimate of drug-likeness (QED) is 0.874. The first-order valence-electron chi connectivity index (χ1n) is 7.71. The third-order valence-electron chi connectivity index (χ3n) is 3.87. The lowest BCUT2D eigenvalue weighted by molar-refractivity contribution is 0.0423. The number of carbonyl (C=O) groups is 1. The monoisotopic (exact) mass is 291 g/mol. The molecule has 1 aliphatic rings. The van der Waals surface area contributed by atoms with Crippen LogP contribution < -0.4 is 10.6 Å². The molecule has 2 rings (SSSR count). The molecule has 2 N–H and O–H groups in total. The van der Waals surface area contributed by atoms with Gasteiger partial charge in [0.15, 0.2) is 0 Å². The Morgan fingerprint density at radius 1 is 1.33 bits per heavy atom. The molecule has 0 saturated carbocycles. The number of ether oxygens (including phenoxy) is 1. The number of hydrogen-bond donors (Lipinski definition) is 2. The van der Waals surface area contributed by atoms with Gasteiger partial charge in [-0.1, -0.05) is 6.92 Å². The Bertz CT molecular complexity index is 496. The van der Waals surface area contributed by atoms with Crippen LogP contribution in [0.5, 0.6) is 0 Å². The van der Waals surface area contributed by atoms with Crippen LogP contribution in [-0.2, 0) is 11.2 Å². The van der Waals surface area contributed by atoms with Crippen molar-refractivity contribution >= 4 is 11.7 Å². The highest BCUT2D eigenvalue weighted by atomic mass is 16.5. The van der Waals surface area contributed by atoms with E-state index in [0.29, 0.717) is 18.8 Å². The van der Waals surface area contributed by atoms with Crippen molar-refractivity contribution in [3.05, 3.63) is 23.4 Å². The maximum atomic E-state index is 12.5. The number of amides is 1. The van der Waals surface area contributed by atoms with Crippen molar-refractivity contribution in [3.8, 4) is 0 Å². The van der Waals surface area contributed by atoms with Gasteiger partial charge in [0.05, 0.1) is 0 Å². The van der Waals surface area contributed by atoms with Crippen LogP contribution >= 0.6 is 0 Å². The third-order valence-corrected chi connectivity index (χ3v) is 3.87. The van der Waals surface area contributed by atoms with Crippen LogP contribution in [0.25, 0.3) is 0 Å². The third kappa shape index (κ3) is 4.17. The van der Waals surface area contributed by atoms with E-state index in [9.17, 15) is 4.79 Å². The Morgan fingerprint density at radius 2 is 2.05 bits per heavy atom. The maximum absolute atomic E-state index is 12.5. The summed E-state index contributed by atoms with van der Waals surface area (Å²) in [5.74, 6) is 0.731. The van der Waals surface area contributed by atoms with Gasteiger partial charge in [0.2, 0.25) is 0 Å². The molecule has 0 spiro atoms. The van der Waals surface area contributed by atoms with Crippen LogP contribution in [0.3, 0.4) is 0 Å². The van der Waals surface area contributed by atoms with Crippen molar-refractivity contribution < 1.29 is 9.53 Å². The SMILES string of the molecule is CCNc1cc(C(=O)NC2(C)CCOCC2)cc(CC)n1. The summed E-state index contributed by atoms with van der Waals surface area (Å²) in [7, 11) is 0. The molecule has 0 aliphatic carbocycles. The molecule has 0 unspecified atom stereocenters. The van der Waals surface area contributed by atoms with Gasteiger partial charge in [-0.05, 0) is 45.2 Å². The van der Waals surface area contributed by atoms with E-state index in [-0.39, 0.29) is 11.4 Å². The molecule has 1 saturated heterocycles. The van der Waals surface area contributed by atoms with Crippen molar-refractivity contribution in [1.82, 2.24) is 10.3 Å². The molecule has 0 atom stereocenters. The molecule has 21 heavy (non-hydrogen) atoms. The summed E-state index contributed by atoms with van der Waals surface area (Å²) in [6.45, 7) is 8.34. The summed E-state index contributed by atoms with van der Waals surface area (Å²) >= 11 is 0. The maximum Gasteiger partial charge on any atom is 0.251 e. The molecule has 5 heteroatoms. The largest absolute Gasteiger partial charge is 0.381 e. The first-order chi connectivity index (χ1) is 10.1. The molecule has 2 heterocycles. The average Bonchev–Trinajstić information content (AvgIpc) is 2.47. The van der Waals surface area contributed by atoms with Crippen molar-refractivity contribution in [1.29, 1.82) is 0 Å². The fourth-order valence-electron chi connectivity index (χ4n) is 2.46.